The van der Waals surface area contributed by atoms with Gasteiger partial charge in [0.1, 0.15) is 12.1 Å². The molecule has 1 aliphatic carbocycles. The molecule has 8 heteroatoms. The number of hydrogen-bond acceptors (Lipinski definition) is 4. The van der Waals surface area contributed by atoms with Gasteiger partial charge in [-0.15, -0.1) is 0 Å². The molecule has 1 aliphatic rings. The third kappa shape index (κ3) is 3.96. The molecule has 4 aromatic rings. The van der Waals surface area contributed by atoms with E-state index < -0.39 is 0 Å². The van der Waals surface area contributed by atoms with Crippen LogP contribution in [0.1, 0.15) is 30.0 Å². The van der Waals surface area contributed by atoms with Crippen molar-refractivity contribution in [2.75, 3.05) is 0 Å². The van der Waals surface area contributed by atoms with Gasteiger partial charge in [-0.25, -0.2) is 9.36 Å². The number of rotatable bonds is 6. The fourth-order valence-electron chi connectivity index (χ4n) is 3.65. The molecule has 0 spiro atoms. The molecule has 0 bridgehead atoms. The number of amides is 1. The first kappa shape index (κ1) is 19.5. The number of nitrogens with one attached hydrogen (secondary N) is 1. The van der Waals surface area contributed by atoms with Gasteiger partial charge in [-0.1, -0.05) is 48.0 Å². The monoisotopic (exact) mass is 433 g/mol. The lowest BCUT2D eigenvalue weighted by molar-refractivity contribution is -0.122. The van der Waals surface area contributed by atoms with Gasteiger partial charge in [0.2, 0.25) is 5.91 Å². The van der Waals surface area contributed by atoms with Crippen LogP contribution in [0.15, 0.2) is 65.6 Å². The Morgan fingerprint density at radius 3 is 2.68 bits per heavy atom. The summed E-state index contributed by atoms with van der Waals surface area (Å²) in [5.74, 6) is 0.0205. The third-order valence-corrected chi connectivity index (χ3v) is 5.59. The fourth-order valence-corrected chi connectivity index (χ4v) is 3.84. The number of aromatic nitrogens is 4. The normalized spacial score (nSPS) is 13.5. The van der Waals surface area contributed by atoms with E-state index >= 15 is 0 Å². The maximum absolute atomic E-state index is 13.3. The number of carbonyl (C=O) groups excluding carboxylic acids is 1. The van der Waals surface area contributed by atoms with Crippen LogP contribution in [0.3, 0.4) is 0 Å². The number of hydrogen-bond donors (Lipinski definition) is 1. The zero-order valence-corrected chi connectivity index (χ0v) is 17.4. The number of nitrogens with zero attached hydrogens (tertiary/aromatic N) is 4. The summed E-state index contributed by atoms with van der Waals surface area (Å²) >= 11 is 6.14. The molecule has 156 valence electrons. The largest absolute Gasteiger partial charge is 0.350 e. The Labute approximate surface area is 183 Å². The smallest absolute Gasteiger partial charge is 0.293 e. The summed E-state index contributed by atoms with van der Waals surface area (Å²) in [6.45, 7) is 0.245. The number of carbonyl (C=O) groups is 1. The van der Waals surface area contributed by atoms with Crippen LogP contribution in [-0.2, 0) is 17.9 Å². The van der Waals surface area contributed by atoms with E-state index in [-0.39, 0.29) is 18.0 Å². The summed E-state index contributed by atoms with van der Waals surface area (Å²) in [5.41, 5.74) is 2.55. The number of halogens is 1. The Hall–Kier alpha value is -3.45. The van der Waals surface area contributed by atoms with Gasteiger partial charge in [0.15, 0.2) is 0 Å². The first-order chi connectivity index (χ1) is 15.1. The highest BCUT2D eigenvalue weighted by molar-refractivity contribution is 6.30. The molecule has 1 N–H and O–H groups in total. The second kappa shape index (κ2) is 8.00. The molecule has 2 aromatic carbocycles. The van der Waals surface area contributed by atoms with Crippen molar-refractivity contribution in [3.8, 4) is 5.69 Å². The fraction of sp³-hybridized carbons (Fsp3) is 0.217. The van der Waals surface area contributed by atoms with Crippen LogP contribution in [0.2, 0.25) is 5.02 Å². The molecule has 31 heavy (non-hydrogen) atoms. The second-order valence-corrected chi connectivity index (χ2v) is 8.12. The zero-order chi connectivity index (χ0) is 21.4. The molecule has 0 radical (unpaired) electrons. The summed E-state index contributed by atoms with van der Waals surface area (Å²) in [4.78, 5) is 25.9. The molecule has 2 heterocycles. The molecule has 7 nitrogen and oxygen atoms in total. The van der Waals surface area contributed by atoms with E-state index in [1.165, 1.54) is 4.68 Å². The Morgan fingerprint density at radius 1 is 1.13 bits per heavy atom. The Kier molecular flexibility index (Phi) is 5.03. The summed E-state index contributed by atoms with van der Waals surface area (Å²) in [7, 11) is 0. The van der Waals surface area contributed by atoms with E-state index in [2.05, 4.69) is 15.5 Å². The van der Waals surface area contributed by atoms with Crippen LogP contribution in [0.4, 0.5) is 0 Å². The minimum Gasteiger partial charge on any atom is -0.350 e. The van der Waals surface area contributed by atoms with E-state index in [9.17, 15) is 9.59 Å². The highest BCUT2D eigenvalue weighted by Gasteiger charge is 2.30. The summed E-state index contributed by atoms with van der Waals surface area (Å²) in [5, 5.41) is 13.1. The number of fused-ring (bicyclic) bond motifs is 1. The van der Waals surface area contributed by atoms with Gasteiger partial charge in [-0.2, -0.15) is 10.2 Å². The predicted octanol–water partition coefficient (Wildman–Crippen LogP) is 3.43. The van der Waals surface area contributed by atoms with Gasteiger partial charge < -0.3 is 5.32 Å². The lowest BCUT2D eigenvalue weighted by Crippen LogP contribution is -2.34. The van der Waals surface area contributed by atoms with Crippen molar-refractivity contribution in [3.63, 3.8) is 0 Å². The molecule has 0 aliphatic heterocycles. The highest BCUT2D eigenvalue weighted by atomic mass is 35.5. The van der Waals surface area contributed by atoms with Gasteiger partial charge in [-0.05, 0) is 36.6 Å². The Morgan fingerprint density at radius 2 is 1.94 bits per heavy atom. The zero-order valence-electron chi connectivity index (χ0n) is 16.7. The molecule has 5 rings (SSSR count). The van der Waals surface area contributed by atoms with Crippen LogP contribution in [0.5, 0.6) is 0 Å². The molecule has 2 aromatic heterocycles. The topological polar surface area (TPSA) is 81.8 Å². The van der Waals surface area contributed by atoms with Gasteiger partial charge in [-0.3, -0.25) is 9.59 Å². The van der Waals surface area contributed by atoms with Crippen molar-refractivity contribution < 1.29 is 4.79 Å². The van der Waals surface area contributed by atoms with Crippen LogP contribution < -0.4 is 10.9 Å². The van der Waals surface area contributed by atoms with Crippen molar-refractivity contribution in [3.05, 3.63) is 87.4 Å². The minimum absolute atomic E-state index is 0.151. The summed E-state index contributed by atoms with van der Waals surface area (Å²) in [6, 6.07) is 16.8. The Balaban J connectivity index is 1.51. The van der Waals surface area contributed by atoms with Crippen LogP contribution in [-0.4, -0.2) is 25.5 Å². The lowest BCUT2D eigenvalue weighted by Gasteiger charge is -2.11. The minimum atomic E-state index is -0.355. The van der Waals surface area contributed by atoms with Crippen molar-refractivity contribution in [2.45, 2.75) is 31.8 Å². The lowest BCUT2D eigenvalue weighted by atomic mass is 10.2. The van der Waals surface area contributed by atoms with Gasteiger partial charge in [0.05, 0.1) is 17.6 Å². The van der Waals surface area contributed by atoms with E-state index in [4.69, 9.17) is 11.6 Å². The highest BCUT2D eigenvalue weighted by Crippen LogP contribution is 2.41. The molecule has 1 fully saturated rings. The molecule has 0 saturated heterocycles. The number of benzene rings is 2. The second-order valence-electron chi connectivity index (χ2n) is 7.68. The Bertz CT molecular complexity index is 1330. The predicted molar refractivity (Wildman–Crippen MR) is 118 cm³/mol. The standard InChI is InChI=1S/C23H20ClN5O2/c24-17-7-4-8-18(11-17)29-22-19(13-26-29)21(16-9-10-16)27-28(23(22)31)14-20(30)25-12-15-5-2-1-3-6-15/h1-8,11,13,16H,9-10,12,14H2,(H,25,30). The quantitative estimate of drug-likeness (QED) is 0.505. The summed E-state index contributed by atoms with van der Waals surface area (Å²) < 4.78 is 2.83. The molecular weight excluding hydrogens is 414 g/mol. The average Bonchev–Trinajstić information content (AvgIpc) is 3.52. The van der Waals surface area contributed by atoms with Gasteiger partial charge >= 0.3 is 0 Å². The van der Waals surface area contributed by atoms with Crippen LogP contribution in [0, 0.1) is 0 Å². The average molecular weight is 434 g/mol. The maximum atomic E-state index is 13.3. The van der Waals surface area contributed by atoms with Crippen molar-refractivity contribution in [1.29, 1.82) is 0 Å². The SMILES string of the molecule is O=C(Cn1nc(C2CC2)c2cnn(-c3cccc(Cl)c3)c2c1=O)NCc1ccccc1. The van der Waals surface area contributed by atoms with E-state index in [0.717, 1.165) is 29.5 Å². The molecule has 1 saturated carbocycles. The van der Waals surface area contributed by atoms with Crippen molar-refractivity contribution >= 4 is 28.4 Å². The van der Waals surface area contributed by atoms with E-state index in [1.54, 1.807) is 23.0 Å². The van der Waals surface area contributed by atoms with Gasteiger partial charge in [0, 0.05) is 22.9 Å². The van der Waals surface area contributed by atoms with Crippen LogP contribution in [0.25, 0.3) is 16.6 Å². The summed E-state index contributed by atoms with van der Waals surface area (Å²) in [6.07, 6.45) is 3.71. The third-order valence-electron chi connectivity index (χ3n) is 5.35. The molecule has 0 atom stereocenters. The van der Waals surface area contributed by atoms with Crippen molar-refractivity contribution in [2.24, 2.45) is 0 Å². The molecule has 1 amide bonds. The maximum Gasteiger partial charge on any atom is 0.293 e. The molecular formula is C23H20ClN5O2. The first-order valence-electron chi connectivity index (χ1n) is 10.2. The van der Waals surface area contributed by atoms with Gasteiger partial charge in [0.25, 0.3) is 5.56 Å². The van der Waals surface area contributed by atoms with Crippen LogP contribution >= 0.6 is 11.6 Å². The first-order valence-corrected chi connectivity index (χ1v) is 10.5. The molecule has 0 unspecified atom stereocenters. The van der Waals surface area contributed by atoms with E-state index in [0.29, 0.717) is 28.7 Å². The van der Waals surface area contributed by atoms with Crippen molar-refractivity contribution in [1.82, 2.24) is 24.9 Å². The van der Waals surface area contributed by atoms with E-state index in [1.807, 2.05) is 42.5 Å².